The minimum absolute atomic E-state index is 0.137. The number of carbonyl (C=O) groups is 1. The number of hydrogen-bond donors (Lipinski definition) is 0. The van der Waals surface area contributed by atoms with Crippen LogP contribution in [0, 0.1) is 5.92 Å². The van der Waals surface area contributed by atoms with Crippen molar-refractivity contribution in [1.29, 1.82) is 0 Å². The summed E-state index contributed by atoms with van der Waals surface area (Å²) in [5.41, 5.74) is 1.67. The van der Waals surface area contributed by atoms with Gasteiger partial charge in [-0.2, -0.15) is 0 Å². The first kappa shape index (κ1) is 20.5. The van der Waals surface area contributed by atoms with Crippen molar-refractivity contribution in [3.63, 3.8) is 0 Å². The van der Waals surface area contributed by atoms with Crippen LogP contribution in [0.1, 0.15) is 51.0 Å². The summed E-state index contributed by atoms with van der Waals surface area (Å²) in [6, 6.07) is 7.87. The lowest BCUT2D eigenvalue weighted by Gasteiger charge is -2.36. The van der Waals surface area contributed by atoms with Crippen molar-refractivity contribution in [3.8, 4) is 0 Å². The van der Waals surface area contributed by atoms with Crippen molar-refractivity contribution >= 4 is 27.6 Å². The number of halogens is 1. The summed E-state index contributed by atoms with van der Waals surface area (Å²) in [6.45, 7) is 5.45. The monoisotopic (exact) mass is 437 g/mol. The van der Waals surface area contributed by atoms with Gasteiger partial charge in [0.1, 0.15) is 5.92 Å². The number of rotatable bonds is 5. The number of benzene rings is 1. The van der Waals surface area contributed by atoms with Gasteiger partial charge in [0.25, 0.3) is 0 Å². The summed E-state index contributed by atoms with van der Waals surface area (Å²) in [5.74, 6) is -0.663. The SMILES string of the molecule is COC(=O)C(C(C)=NC(C)C1CCC2(CC1)OCCO2)c1ccccc1Br. The fourth-order valence-corrected chi connectivity index (χ4v) is 4.71. The van der Waals surface area contributed by atoms with Gasteiger partial charge in [-0.05, 0) is 44.2 Å². The molecule has 1 aromatic carbocycles. The first-order valence-corrected chi connectivity index (χ1v) is 10.4. The summed E-state index contributed by atoms with van der Waals surface area (Å²) >= 11 is 3.55. The Morgan fingerprint density at radius 2 is 1.89 bits per heavy atom. The van der Waals surface area contributed by atoms with E-state index in [-0.39, 0.29) is 17.8 Å². The average molecular weight is 438 g/mol. The number of methoxy groups -OCH3 is 1. The molecule has 3 rings (SSSR count). The molecule has 148 valence electrons. The van der Waals surface area contributed by atoms with Gasteiger partial charge < -0.3 is 14.2 Å². The lowest BCUT2D eigenvalue weighted by molar-refractivity contribution is -0.183. The van der Waals surface area contributed by atoms with Crippen LogP contribution in [0.3, 0.4) is 0 Å². The summed E-state index contributed by atoms with van der Waals surface area (Å²) in [5, 5.41) is 0. The fraction of sp³-hybridized carbons (Fsp3) is 0.619. The Kier molecular flexibility index (Phi) is 6.71. The third-order valence-electron chi connectivity index (χ3n) is 5.77. The lowest BCUT2D eigenvalue weighted by Crippen LogP contribution is -2.37. The van der Waals surface area contributed by atoms with Crippen molar-refractivity contribution in [2.75, 3.05) is 20.3 Å². The lowest BCUT2D eigenvalue weighted by atomic mass is 9.81. The maximum Gasteiger partial charge on any atom is 0.318 e. The molecule has 0 amide bonds. The average Bonchev–Trinajstić information content (AvgIpc) is 3.11. The van der Waals surface area contributed by atoms with Gasteiger partial charge in [0.05, 0.1) is 20.3 Å². The molecule has 2 aliphatic rings. The second kappa shape index (κ2) is 8.84. The molecule has 0 radical (unpaired) electrons. The molecule has 0 aromatic heterocycles. The van der Waals surface area contributed by atoms with Crippen molar-refractivity contribution in [3.05, 3.63) is 34.3 Å². The van der Waals surface area contributed by atoms with Gasteiger partial charge in [-0.15, -0.1) is 0 Å². The van der Waals surface area contributed by atoms with Crippen molar-refractivity contribution in [1.82, 2.24) is 0 Å². The molecule has 0 N–H and O–H groups in total. The van der Waals surface area contributed by atoms with Crippen molar-refractivity contribution < 1.29 is 19.0 Å². The van der Waals surface area contributed by atoms with Gasteiger partial charge >= 0.3 is 5.97 Å². The zero-order valence-corrected chi connectivity index (χ0v) is 17.8. The molecule has 27 heavy (non-hydrogen) atoms. The second-order valence-electron chi connectivity index (χ2n) is 7.43. The Hall–Kier alpha value is -1.24. The van der Waals surface area contributed by atoms with Crippen molar-refractivity contribution in [2.24, 2.45) is 10.9 Å². The highest BCUT2D eigenvalue weighted by Crippen LogP contribution is 2.40. The maximum absolute atomic E-state index is 12.5. The Morgan fingerprint density at radius 1 is 1.26 bits per heavy atom. The molecule has 6 heteroatoms. The van der Waals surface area contributed by atoms with E-state index in [0.29, 0.717) is 19.1 Å². The van der Waals surface area contributed by atoms with E-state index in [2.05, 4.69) is 22.9 Å². The first-order valence-electron chi connectivity index (χ1n) is 9.60. The van der Waals surface area contributed by atoms with E-state index in [1.807, 2.05) is 31.2 Å². The van der Waals surface area contributed by atoms with E-state index in [4.69, 9.17) is 19.2 Å². The smallest absolute Gasteiger partial charge is 0.318 e. The Morgan fingerprint density at radius 3 is 2.48 bits per heavy atom. The van der Waals surface area contributed by atoms with Crippen LogP contribution in [0.15, 0.2) is 33.7 Å². The molecule has 5 nitrogen and oxygen atoms in total. The predicted octanol–water partition coefficient (Wildman–Crippen LogP) is 4.49. The molecule has 1 heterocycles. The molecule has 1 saturated heterocycles. The second-order valence-corrected chi connectivity index (χ2v) is 8.29. The highest BCUT2D eigenvalue weighted by atomic mass is 79.9. The standard InChI is InChI=1S/C21H28BrNO4/c1-14(16-8-10-21(11-9-16)26-12-13-27-21)23-15(2)19(20(24)25-3)17-6-4-5-7-18(17)22/h4-7,14,16,19H,8-13H2,1-3H3. The molecule has 2 atom stereocenters. The molecule has 2 fully saturated rings. The molecule has 1 aliphatic carbocycles. The van der Waals surface area contributed by atoms with Gasteiger partial charge in [0.15, 0.2) is 5.79 Å². The molecule has 1 saturated carbocycles. The molecular weight excluding hydrogens is 410 g/mol. The summed E-state index contributed by atoms with van der Waals surface area (Å²) < 4.78 is 17.6. The van der Waals surface area contributed by atoms with E-state index in [9.17, 15) is 4.79 Å². The quantitative estimate of drug-likeness (QED) is 0.502. The highest BCUT2D eigenvalue weighted by molar-refractivity contribution is 9.10. The largest absolute Gasteiger partial charge is 0.468 e. The zero-order chi connectivity index (χ0) is 19.4. The van der Waals surface area contributed by atoms with Crippen LogP contribution in [0.2, 0.25) is 0 Å². The Bertz CT molecular complexity index is 689. The van der Waals surface area contributed by atoms with E-state index in [1.165, 1.54) is 7.11 Å². The number of nitrogens with zero attached hydrogens (tertiary/aromatic N) is 1. The summed E-state index contributed by atoms with van der Waals surface area (Å²) in [4.78, 5) is 17.4. The van der Waals surface area contributed by atoms with Gasteiger partial charge in [0, 0.05) is 29.1 Å². The molecule has 1 spiro atoms. The minimum atomic E-state index is -0.496. The molecule has 0 bridgehead atoms. The number of ether oxygens (including phenoxy) is 3. The van der Waals surface area contributed by atoms with Crippen LogP contribution < -0.4 is 0 Å². The Labute approximate surface area is 169 Å². The third kappa shape index (κ3) is 4.61. The van der Waals surface area contributed by atoms with Crippen LogP contribution in [-0.2, 0) is 19.0 Å². The third-order valence-corrected chi connectivity index (χ3v) is 6.49. The molecule has 1 aromatic rings. The van der Waals surface area contributed by atoms with E-state index in [1.54, 1.807) is 0 Å². The number of esters is 1. The minimum Gasteiger partial charge on any atom is -0.468 e. The zero-order valence-electron chi connectivity index (χ0n) is 16.2. The van der Waals surface area contributed by atoms with Crippen LogP contribution >= 0.6 is 15.9 Å². The van der Waals surface area contributed by atoms with Gasteiger partial charge in [0.2, 0.25) is 0 Å². The fourth-order valence-electron chi connectivity index (χ4n) is 4.20. The maximum atomic E-state index is 12.5. The Balaban J connectivity index is 1.73. The molecule has 2 unspecified atom stereocenters. The van der Waals surface area contributed by atoms with Crippen LogP contribution in [0.25, 0.3) is 0 Å². The topological polar surface area (TPSA) is 57.1 Å². The van der Waals surface area contributed by atoms with Crippen LogP contribution in [-0.4, -0.2) is 43.8 Å². The van der Waals surface area contributed by atoms with E-state index in [0.717, 1.165) is 41.4 Å². The van der Waals surface area contributed by atoms with Gasteiger partial charge in [-0.25, -0.2) is 0 Å². The first-order chi connectivity index (χ1) is 13.0. The van der Waals surface area contributed by atoms with Crippen LogP contribution in [0.4, 0.5) is 0 Å². The normalized spacial score (nSPS) is 22.6. The number of hydrogen-bond acceptors (Lipinski definition) is 5. The molecular formula is C21H28BrNO4. The molecule has 1 aliphatic heterocycles. The van der Waals surface area contributed by atoms with E-state index < -0.39 is 5.92 Å². The number of aliphatic imine (C=N–C) groups is 1. The predicted molar refractivity (Wildman–Crippen MR) is 108 cm³/mol. The number of carbonyl (C=O) groups excluding carboxylic acids is 1. The highest BCUT2D eigenvalue weighted by Gasteiger charge is 2.41. The van der Waals surface area contributed by atoms with Crippen LogP contribution in [0.5, 0.6) is 0 Å². The summed E-state index contributed by atoms with van der Waals surface area (Å²) in [7, 11) is 1.42. The van der Waals surface area contributed by atoms with E-state index >= 15 is 0 Å². The van der Waals surface area contributed by atoms with Crippen molar-refractivity contribution in [2.45, 2.75) is 57.3 Å². The van der Waals surface area contributed by atoms with Gasteiger partial charge in [-0.3, -0.25) is 9.79 Å². The van der Waals surface area contributed by atoms with Gasteiger partial charge in [-0.1, -0.05) is 34.1 Å². The summed E-state index contributed by atoms with van der Waals surface area (Å²) in [6.07, 6.45) is 3.88.